The first-order valence-corrected chi connectivity index (χ1v) is 17.5. The van der Waals surface area contributed by atoms with Crippen molar-refractivity contribution in [1.82, 2.24) is 20.9 Å². The molecule has 276 valence electrons. The Labute approximate surface area is 294 Å². The van der Waals surface area contributed by atoms with E-state index in [1.54, 1.807) is 6.07 Å². The second-order valence-electron chi connectivity index (χ2n) is 12.8. The lowest BCUT2D eigenvalue weighted by Crippen LogP contribution is -2.44. The molecule has 0 unspecified atom stereocenters. The Kier molecular flexibility index (Phi) is 16.8. The molecular formula is C36H54N6O8. The third kappa shape index (κ3) is 12.5. The lowest BCUT2D eigenvalue weighted by Gasteiger charge is -2.30. The number of aldehydes is 1. The Morgan fingerprint density at radius 1 is 0.740 bits per heavy atom. The summed E-state index contributed by atoms with van der Waals surface area (Å²) < 4.78 is 12.2. The zero-order valence-corrected chi connectivity index (χ0v) is 29.3. The molecule has 0 spiro atoms. The van der Waals surface area contributed by atoms with E-state index >= 15 is 0 Å². The third-order valence-corrected chi connectivity index (χ3v) is 8.54. The molecule has 14 heteroatoms. The number of likely N-dealkylation sites (N-methyl/N-ethyl adjacent to an activating group) is 1. The van der Waals surface area contributed by atoms with Gasteiger partial charge in [-0.25, -0.2) is 0 Å². The van der Waals surface area contributed by atoms with Crippen LogP contribution < -0.4 is 36.9 Å². The van der Waals surface area contributed by atoms with Gasteiger partial charge in [-0.15, -0.1) is 0 Å². The van der Waals surface area contributed by atoms with Crippen LogP contribution in [0.1, 0.15) is 106 Å². The first-order chi connectivity index (χ1) is 24.1. The maximum Gasteiger partial charge on any atom is 0.255 e. The van der Waals surface area contributed by atoms with E-state index < -0.39 is 17.4 Å². The molecule has 0 aromatic heterocycles. The summed E-state index contributed by atoms with van der Waals surface area (Å²) in [5.41, 5.74) is 11.5. The first kappa shape index (κ1) is 40.0. The summed E-state index contributed by atoms with van der Waals surface area (Å²) in [6.45, 7) is 2.96. The summed E-state index contributed by atoms with van der Waals surface area (Å²) in [6.07, 6.45) is 7.64. The fourth-order valence-electron chi connectivity index (χ4n) is 5.63. The lowest BCUT2D eigenvalue weighted by molar-refractivity contribution is 0.0887. The molecule has 1 aliphatic rings. The molecule has 0 saturated heterocycles. The Morgan fingerprint density at radius 3 is 1.76 bits per heavy atom. The number of hydrogen-bond acceptors (Lipinski definition) is 11. The summed E-state index contributed by atoms with van der Waals surface area (Å²) in [6, 6.07) is 4.84. The number of unbranched alkanes of at least 4 members (excludes halogenated alkanes) is 4. The number of carbonyl (C=O) groups excluding carboxylic acids is 4. The molecule has 2 aromatic rings. The third-order valence-electron chi connectivity index (χ3n) is 8.54. The second kappa shape index (κ2) is 21.0. The number of nitrogens with two attached hydrogens (primary N) is 2. The van der Waals surface area contributed by atoms with Gasteiger partial charge >= 0.3 is 0 Å². The van der Waals surface area contributed by atoms with E-state index in [9.17, 15) is 29.4 Å². The quantitative estimate of drug-likeness (QED) is 0.0743. The van der Waals surface area contributed by atoms with Crippen LogP contribution in [0.15, 0.2) is 24.3 Å². The van der Waals surface area contributed by atoms with Crippen LogP contribution in [0.3, 0.4) is 0 Å². The van der Waals surface area contributed by atoms with Crippen molar-refractivity contribution in [1.29, 1.82) is 0 Å². The number of rotatable bonds is 21. The highest BCUT2D eigenvalue weighted by atomic mass is 16.5. The van der Waals surface area contributed by atoms with E-state index in [-0.39, 0.29) is 46.2 Å². The maximum atomic E-state index is 13.8. The van der Waals surface area contributed by atoms with Gasteiger partial charge in [-0.3, -0.25) is 19.2 Å². The van der Waals surface area contributed by atoms with Crippen LogP contribution in [0, 0.1) is 0 Å². The molecule has 3 amide bonds. The zero-order valence-electron chi connectivity index (χ0n) is 29.3. The Balaban J connectivity index is 1.75. The second-order valence-corrected chi connectivity index (χ2v) is 12.8. The molecule has 1 aliphatic carbocycles. The van der Waals surface area contributed by atoms with Gasteiger partial charge in [-0.2, -0.15) is 0 Å². The van der Waals surface area contributed by atoms with Gasteiger partial charge in [0.05, 0.1) is 35.5 Å². The minimum Gasteiger partial charge on any atom is -0.507 e. The van der Waals surface area contributed by atoms with Gasteiger partial charge in [0, 0.05) is 37.3 Å². The Bertz CT molecular complexity index is 1430. The molecule has 0 heterocycles. The topological polar surface area (TPSA) is 219 Å². The van der Waals surface area contributed by atoms with Crippen molar-refractivity contribution in [3.63, 3.8) is 0 Å². The van der Waals surface area contributed by atoms with Crippen LogP contribution >= 0.6 is 0 Å². The van der Waals surface area contributed by atoms with Gasteiger partial charge in [0.2, 0.25) is 0 Å². The SMILES string of the molecule is CN(C)CCNC(=O)c1cc(C(=O)NC2CCC(NC(=O)c3cc(C=O)c(O)cc3O)CC2)c(OCCCCCN)cc1OCCCCCN. The highest BCUT2D eigenvalue weighted by Gasteiger charge is 2.28. The lowest BCUT2D eigenvalue weighted by atomic mass is 9.90. The molecule has 14 nitrogen and oxygen atoms in total. The van der Waals surface area contributed by atoms with Crippen LogP contribution in [0.4, 0.5) is 0 Å². The fraction of sp³-hybridized carbons (Fsp3) is 0.556. The van der Waals surface area contributed by atoms with Crippen LogP contribution in [-0.2, 0) is 0 Å². The van der Waals surface area contributed by atoms with Crippen molar-refractivity contribution < 1.29 is 38.9 Å². The molecule has 50 heavy (non-hydrogen) atoms. The number of benzene rings is 2. The van der Waals surface area contributed by atoms with E-state index in [0.29, 0.717) is 82.9 Å². The Hall–Kier alpha value is -4.40. The van der Waals surface area contributed by atoms with Gasteiger partial charge in [-0.05, 0) is 104 Å². The molecule has 0 aliphatic heterocycles. The molecule has 0 radical (unpaired) electrons. The number of hydrogen-bond donors (Lipinski definition) is 7. The molecule has 1 fully saturated rings. The van der Waals surface area contributed by atoms with Crippen molar-refractivity contribution in [2.45, 2.75) is 76.3 Å². The van der Waals surface area contributed by atoms with E-state index in [1.807, 2.05) is 19.0 Å². The number of aromatic hydroxyl groups is 2. The van der Waals surface area contributed by atoms with Gasteiger partial charge in [0.25, 0.3) is 17.7 Å². The van der Waals surface area contributed by atoms with Crippen molar-refractivity contribution in [3.8, 4) is 23.0 Å². The summed E-state index contributed by atoms with van der Waals surface area (Å²) in [4.78, 5) is 53.2. The number of nitrogens with one attached hydrogen (secondary N) is 3. The van der Waals surface area contributed by atoms with E-state index in [4.69, 9.17) is 20.9 Å². The zero-order chi connectivity index (χ0) is 36.5. The highest BCUT2D eigenvalue weighted by Crippen LogP contribution is 2.32. The monoisotopic (exact) mass is 698 g/mol. The number of phenols is 2. The van der Waals surface area contributed by atoms with Crippen molar-refractivity contribution in [2.75, 3.05) is 53.5 Å². The van der Waals surface area contributed by atoms with Crippen molar-refractivity contribution in [2.24, 2.45) is 11.5 Å². The molecule has 2 aromatic carbocycles. The average molecular weight is 699 g/mol. The van der Waals surface area contributed by atoms with Crippen LogP contribution in [0.2, 0.25) is 0 Å². The minimum atomic E-state index is -0.565. The average Bonchev–Trinajstić information content (AvgIpc) is 3.08. The molecular weight excluding hydrogens is 644 g/mol. The van der Waals surface area contributed by atoms with E-state index in [0.717, 1.165) is 50.7 Å². The van der Waals surface area contributed by atoms with Crippen LogP contribution in [0.25, 0.3) is 0 Å². The summed E-state index contributed by atoms with van der Waals surface area (Å²) in [5.74, 6) is -1.50. The molecule has 1 saturated carbocycles. The molecule has 9 N–H and O–H groups in total. The smallest absolute Gasteiger partial charge is 0.255 e. The molecule has 3 rings (SSSR count). The van der Waals surface area contributed by atoms with E-state index in [1.165, 1.54) is 6.07 Å². The fourth-order valence-corrected chi connectivity index (χ4v) is 5.63. The van der Waals surface area contributed by atoms with Crippen molar-refractivity contribution in [3.05, 3.63) is 46.5 Å². The van der Waals surface area contributed by atoms with Gasteiger partial charge in [-0.1, -0.05) is 0 Å². The predicted molar refractivity (Wildman–Crippen MR) is 190 cm³/mol. The van der Waals surface area contributed by atoms with Crippen LogP contribution in [0.5, 0.6) is 23.0 Å². The molecule has 0 bridgehead atoms. The Morgan fingerprint density at radius 2 is 1.26 bits per heavy atom. The predicted octanol–water partition coefficient (Wildman–Crippen LogP) is 2.69. The van der Waals surface area contributed by atoms with Gasteiger partial charge in [0.15, 0.2) is 6.29 Å². The number of phenolic OH excluding ortho intramolecular Hbond substituents is 2. The van der Waals surface area contributed by atoms with Gasteiger partial charge in [0.1, 0.15) is 23.0 Å². The number of amides is 3. The normalized spacial score (nSPS) is 15.7. The number of nitrogens with zero attached hydrogens (tertiary/aromatic N) is 1. The summed E-state index contributed by atoms with van der Waals surface area (Å²) >= 11 is 0. The van der Waals surface area contributed by atoms with Crippen molar-refractivity contribution >= 4 is 24.0 Å². The van der Waals surface area contributed by atoms with Gasteiger partial charge < -0.3 is 52.0 Å². The first-order valence-electron chi connectivity index (χ1n) is 17.5. The molecule has 0 atom stereocenters. The van der Waals surface area contributed by atoms with Crippen LogP contribution in [-0.4, -0.2) is 105 Å². The standard InChI is InChI=1S/C36H54N6O8/c1-42(2)16-15-39-34(46)28-20-29(33(50-18-8-4-6-14-38)22-32(28)49-17-7-3-5-13-37)36(48)41-26-11-9-25(10-12-26)40-35(47)27-19-24(23-43)30(44)21-31(27)45/h19-23,25-26,44-45H,3-18,37-38H2,1-2H3,(H,39,46)(H,40,47)(H,41,48). The number of ether oxygens (including phenoxy) is 2. The number of carbonyl (C=O) groups is 4. The highest BCUT2D eigenvalue weighted by molar-refractivity contribution is 6.03. The summed E-state index contributed by atoms with van der Waals surface area (Å²) in [5, 5.41) is 28.8. The maximum absolute atomic E-state index is 13.8. The summed E-state index contributed by atoms with van der Waals surface area (Å²) in [7, 11) is 3.83. The minimum absolute atomic E-state index is 0.102. The largest absolute Gasteiger partial charge is 0.507 e. The van der Waals surface area contributed by atoms with E-state index in [2.05, 4.69) is 16.0 Å².